The van der Waals surface area contributed by atoms with E-state index in [0.717, 1.165) is 17.7 Å². The molecule has 0 aliphatic carbocycles. The molecule has 0 spiro atoms. The predicted octanol–water partition coefficient (Wildman–Crippen LogP) is 4.51. The van der Waals surface area contributed by atoms with Crippen LogP contribution in [0.3, 0.4) is 0 Å². The minimum atomic E-state index is -0.365. The van der Waals surface area contributed by atoms with Gasteiger partial charge in [-0.25, -0.2) is 0 Å². The minimum absolute atomic E-state index is 0.365. The molecular weight excluding hydrogens is 246 g/mol. The average Bonchev–Trinajstić information content (AvgIpc) is 2.45. The number of nitrogens with zero attached hydrogens (tertiary/aromatic N) is 1. The van der Waals surface area contributed by atoms with Crippen LogP contribution in [0.1, 0.15) is 36.1 Å². The van der Waals surface area contributed by atoms with Crippen LogP contribution >= 0.6 is 0 Å². The lowest BCUT2D eigenvalue weighted by molar-refractivity contribution is 0.173. The minimum Gasteiger partial charge on any atom is -0.388 e. The summed E-state index contributed by atoms with van der Waals surface area (Å²) in [5.41, 5.74) is 5.83. The van der Waals surface area contributed by atoms with E-state index in [4.69, 9.17) is 0 Å². The number of anilines is 2. The Bertz CT molecular complexity index is 554. The van der Waals surface area contributed by atoms with Gasteiger partial charge in [-0.2, -0.15) is 0 Å². The van der Waals surface area contributed by atoms with Crippen molar-refractivity contribution in [2.24, 2.45) is 0 Å². The Morgan fingerprint density at radius 3 is 2.00 bits per heavy atom. The number of aliphatic hydroxyl groups excluding tert-OH is 1. The topological polar surface area (TPSA) is 23.5 Å². The first kappa shape index (κ1) is 14.6. The molecule has 0 saturated carbocycles. The fraction of sp³-hybridized carbons (Fsp3) is 0.333. The predicted molar refractivity (Wildman–Crippen MR) is 85.7 cm³/mol. The number of hydrogen-bond donors (Lipinski definition) is 1. The van der Waals surface area contributed by atoms with Crippen LogP contribution in [0.2, 0.25) is 0 Å². The second-order valence-electron chi connectivity index (χ2n) is 5.42. The number of rotatable bonds is 4. The molecule has 0 bridgehead atoms. The number of aryl methyl sites for hydroxylation is 2. The summed E-state index contributed by atoms with van der Waals surface area (Å²) >= 11 is 0. The molecule has 2 heteroatoms. The fourth-order valence-electron chi connectivity index (χ4n) is 2.45. The van der Waals surface area contributed by atoms with Gasteiger partial charge in [-0.3, -0.25) is 0 Å². The summed E-state index contributed by atoms with van der Waals surface area (Å²) < 4.78 is 0. The summed E-state index contributed by atoms with van der Waals surface area (Å²) in [4.78, 5) is 2.17. The summed E-state index contributed by atoms with van der Waals surface area (Å²) in [6.07, 6.45) is 0.377. The molecule has 2 aromatic rings. The van der Waals surface area contributed by atoms with Crippen LogP contribution in [-0.4, -0.2) is 12.2 Å². The summed E-state index contributed by atoms with van der Waals surface area (Å²) in [6, 6.07) is 14.7. The molecule has 0 amide bonds. The lowest BCUT2D eigenvalue weighted by atomic mass is 10.1. The fourth-order valence-corrected chi connectivity index (χ4v) is 2.45. The third kappa shape index (κ3) is 3.20. The van der Waals surface area contributed by atoms with Crippen molar-refractivity contribution in [3.8, 4) is 0 Å². The Morgan fingerprint density at radius 1 is 0.950 bits per heavy atom. The van der Waals surface area contributed by atoms with Gasteiger partial charge in [-0.15, -0.1) is 0 Å². The van der Waals surface area contributed by atoms with Crippen molar-refractivity contribution in [3.05, 3.63) is 59.2 Å². The van der Waals surface area contributed by atoms with E-state index in [1.54, 1.807) is 0 Å². The Balaban J connectivity index is 2.26. The van der Waals surface area contributed by atoms with E-state index in [2.05, 4.69) is 56.1 Å². The van der Waals surface area contributed by atoms with Crippen LogP contribution < -0.4 is 4.90 Å². The molecule has 0 radical (unpaired) electrons. The van der Waals surface area contributed by atoms with E-state index >= 15 is 0 Å². The van der Waals surface area contributed by atoms with Crippen molar-refractivity contribution < 1.29 is 5.11 Å². The van der Waals surface area contributed by atoms with Crippen molar-refractivity contribution >= 4 is 11.4 Å². The molecule has 1 N–H and O–H groups in total. The number of aliphatic hydroxyl groups is 1. The highest BCUT2D eigenvalue weighted by Gasteiger charge is 2.08. The van der Waals surface area contributed by atoms with Crippen LogP contribution in [0.15, 0.2) is 42.5 Å². The maximum atomic E-state index is 9.83. The third-order valence-electron chi connectivity index (χ3n) is 3.65. The largest absolute Gasteiger partial charge is 0.388 e. The van der Waals surface area contributed by atoms with Crippen molar-refractivity contribution in [2.75, 3.05) is 11.9 Å². The Kier molecular flexibility index (Phi) is 4.46. The second kappa shape index (κ2) is 6.10. The standard InChI is InChI=1S/C18H23NO/c1-5-18(20)15-6-8-16(9-7-15)19(4)17-11-13(2)10-14(3)12-17/h6-12,18,20H,5H2,1-4H3. The summed E-state index contributed by atoms with van der Waals surface area (Å²) in [5, 5.41) is 9.83. The molecule has 0 aromatic heterocycles. The lowest BCUT2D eigenvalue weighted by Gasteiger charge is -2.21. The zero-order valence-corrected chi connectivity index (χ0v) is 12.7. The van der Waals surface area contributed by atoms with Gasteiger partial charge >= 0.3 is 0 Å². The molecule has 1 atom stereocenters. The molecule has 0 heterocycles. The van der Waals surface area contributed by atoms with E-state index in [1.165, 1.54) is 16.8 Å². The van der Waals surface area contributed by atoms with Crippen molar-refractivity contribution in [2.45, 2.75) is 33.3 Å². The SMILES string of the molecule is CCC(O)c1ccc(N(C)c2cc(C)cc(C)c2)cc1. The molecule has 2 nitrogen and oxygen atoms in total. The molecule has 106 valence electrons. The molecule has 0 fully saturated rings. The Morgan fingerprint density at radius 2 is 1.50 bits per heavy atom. The highest BCUT2D eigenvalue weighted by Crippen LogP contribution is 2.27. The molecule has 0 aliphatic heterocycles. The number of hydrogen-bond acceptors (Lipinski definition) is 2. The molecule has 0 saturated heterocycles. The van der Waals surface area contributed by atoms with Gasteiger partial charge in [0.15, 0.2) is 0 Å². The number of benzene rings is 2. The lowest BCUT2D eigenvalue weighted by Crippen LogP contribution is -2.10. The van der Waals surface area contributed by atoms with Gasteiger partial charge in [0.05, 0.1) is 6.10 Å². The highest BCUT2D eigenvalue weighted by atomic mass is 16.3. The quantitative estimate of drug-likeness (QED) is 0.882. The molecule has 1 unspecified atom stereocenters. The zero-order chi connectivity index (χ0) is 14.7. The van der Waals surface area contributed by atoms with Gasteiger partial charge in [0.25, 0.3) is 0 Å². The van der Waals surface area contributed by atoms with Gasteiger partial charge in [-0.1, -0.05) is 25.1 Å². The molecule has 20 heavy (non-hydrogen) atoms. The normalized spacial score (nSPS) is 12.2. The van der Waals surface area contributed by atoms with Gasteiger partial charge in [0, 0.05) is 18.4 Å². The van der Waals surface area contributed by atoms with Crippen molar-refractivity contribution in [1.29, 1.82) is 0 Å². The molecule has 2 aromatic carbocycles. The van der Waals surface area contributed by atoms with Gasteiger partial charge in [0.1, 0.15) is 0 Å². The summed E-state index contributed by atoms with van der Waals surface area (Å²) in [6.45, 7) is 6.22. The average molecular weight is 269 g/mol. The van der Waals surface area contributed by atoms with E-state index < -0.39 is 0 Å². The Hall–Kier alpha value is -1.80. The van der Waals surface area contributed by atoms with Crippen LogP contribution in [-0.2, 0) is 0 Å². The van der Waals surface area contributed by atoms with Gasteiger partial charge in [-0.05, 0) is 61.2 Å². The smallest absolute Gasteiger partial charge is 0.0787 e. The van der Waals surface area contributed by atoms with Crippen LogP contribution in [0.25, 0.3) is 0 Å². The molecular formula is C18H23NO. The van der Waals surface area contributed by atoms with Crippen LogP contribution in [0.5, 0.6) is 0 Å². The first-order valence-electron chi connectivity index (χ1n) is 7.11. The third-order valence-corrected chi connectivity index (χ3v) is 3.65. The first-order chi connectivity index (χ1) is 9.51. The van der Waals surface area contributed by atoms with Crippen molar-refractivity contribution in [1.82, 2.24) is 0 Å². The zero-order valence-electron chi connectivity index (χ0n) is 12.7. The maximum Gasteiger partial charge on any atom is 0.0787 e. The maximum absolute atomic E-state index is 9.83. The van der Waals surface area contributed by atoms with Crippen molar-refractivity contribution in [3.63, 3.8) is 0 Å². The molecule has 2 rings (SSSR count). The second-order valence-corrected chi connectivity index (χ2v) is 5.42. The summed E-state index contributed by atoms with van der Waals surface area (Å²) in [5.74, 6) is 0. The van der Waals surface area contributed by atoms with Crippen LogP contribution in [0, 0.1) is 13.8 Å². The van der Waals surface area contributed by atoms with Gasteiger partial charge < -0.3 is 10.0 Å². The first-order valence-corrected chi connectivity index (χ1v) is 7.11. The van der Waals surface area contributed by atoms with E-state index in [-0.39, 0.29) is 6.10 Å². The van der Waals surface area contributed by atoms with Gasteiger partial charge in [0.2, 0.25) is 0 Å². The monoisotopic (exact) mass is 269 g/mol. The van der Waals surface area contributed by atoms with E-state index in [1.807, 2.05) is 19.1 Å². The molecule has 0 aliphatic rings. The van der Waals surface area contributed by atoms with E-state index in [0.29, 0.717) is 0 Å². The Labute approximate surface area is 121 Å². The summed E-state index contributed by atoms with van der Waals surface area (Å²) in [7, 11) is 2.07. The van der Waals surface area contributed by atoms with Crippen LogP contribution in [0.4, 0.5) is 11.4 Å². The highest BCUT2D eigenvalue weighted by molar-refractivity contribution is 5.64. The van der Waals surface area contributed by atoms with E-state index in [9.17, 15) is 5.11 Å².